The minimum atomic E-state index is -1.87. The number of phenols is 1. The predicted molar refractivity (Wildman–Crippen MR) is 113 cm³/mol. The number of benzene rings is 2. The van der Waals surface area contributed by atoms with Gasteiger partial charge in [0.2, 0.25) is 0 Å². The molecule has 2 aliphatic heterocycles. The van der Waals surface area contributed by atoms with E-state index in [1.54, 1.807) is 42.5 Å². The number of carbonyl (C=O) groups is 3. The van der Waals surface area contributed by atoms with Gasteiger partial charge in [0.15, 0.2) is 6.10 Å². The van der Waals surface area contributed by atoms with Crippen LogP contribution >= 0.6 is 0 Å². The zero-order valence-corrected chi connectivity index (χ0v) is 17.9. The summed E-state index contributed by atoms with van der Waals surface area (Å²) in [6.45, 7) is 0. The van der Waals surface area contributed by atoms with Crippen molar-refractivity contribution in [3.8, 4) is 5.75 Å². The van der Waals surface area contributed by atoms with E-state index in [1.807, 2.05) is 11.9 Å². The van der Waals surface area contributed by atoms with Gasteiger partial charge in [-0.1, -0.05) is 30.3 Å². The highest BCUT2D eigenvalue weighted by molar-refractivity contribution is 5.96. The molecule has 1 N–H and O–H groups in total. The van der Waals surface area contributed by atoms with Gasteiger partial charge in [-0.2, -0.15) is 0 Å². The average Bonchev–Trinajstić information content (AvgIpc) is 3.08. The topological polar surface area (TPSA) is 102 Å². The van der Waals surface area contributed by atoms with Gasteiger partial charge in [-0.05, 0) is 44.2 Å². The van der Waals surface area contributed by atoms with Crippen molar-refractivity contribution < 1.29 is 33.7 Å². The number of nitrogens with zero attached hydrogens (tertiary/aromatic N) is 1. The monoisotopic (exact) mass is 439 g/mol. The molecule has 0 aromatic heterocycles. The fourth-order valence-corrected chi connectivity index (χ4v) is 4.81. The molecular formula is C24H25NO7. The summed E-state index contributed by atoms with van der Waals surface area (Å²) in [7, 11) is 3.05. The maximum atomic E-state index is 13.2. The number of para-hydroxylation sites is 1. The van der Waals surface area contributed by atoms with Crippen LogP contribution in [0.3, 0.4) is 0 Å². The van der Waals surface area contributed by atoms with E-state index >= 15 is 0 Å². The minimum absolute atomic E-state index is 0.0650. The lowest BCUT2D eigenvalue weighted by molar-refractivity contribution is -0.196. The molecule has 2 fully saturated rings. The average molecular weight is 439 g/mol. The van der Waals surface area contributed by atoms with Gasteiger partial charge in [0.05, 0.1) is 18.7 Å². The van der Waals surface area contributed by atoms with E-state index in [4.69, 9.17) is 14.2 Å². The number of rotatable bonds is 5. The Balaban J connectivity index is 1.74. The molecule has 2 bridgehead atoms. The van der Waals surface area contributed by atoms with Crippen LogP contribution in [0, 0.1) is 0 Å². The Kier molecular flexibility index (Phi) is 5.88. The number of piperidine rings is 1. The number of methoxy groups -OCH3 is 1. The first-order valence-electron chi connectivity index (χ1n) is 10.5. The number of carbonyl (C=O) groups excluding carboxylic acids is 3. The quantitative estimate of drug-likeness (QED) is 0.560. The predicted octanol–water partition coefficient (Wildman–Crippen LogP) is 2.55. The molecule has 0 saturated carbocycles. The van der Waals surface area contributed by atoms with Crippen LogP contribution in [0.25, 0.3) is 0 Å². The van der Waals surface area contributed by atoms with Crippen LogP contribution < -0.4 is 0 Å². The van der Waals surface area contributed by atoms with Gasteiger partial charge in [-0.15, -0.1) is 0 Å². The molecule has 0 aliphatic carbocycles. The number of esters is 3. The molecule has 8 nitrogen and oxygen atoms in total. The molecule has 2 saturated heterocycles. The second kappa shape index (κ2) is 8.63. The standard InChI is InChI=1S/C24H25NO7/c1-25-16-12-13-19(25)24(23(29)30-2,32-22(28)17-10-6-7-11-18(17)26)20(14-16)31-21(27)15-8-4-3-5-9-15/h3-11,16,19-20,26H,12-14H2,1-2H3/t16-,19+,20+,24-/m1/s1. The van der Waals surface area contributed by atoms with E-state index in [0.29, 0.717) is 18.4 Å². The van der Waals surface area contributed by atoms with E-state index in [0.717, 1.165) is 6.42 Å². The van der Waals surface area contributed by atoms with Crippen molar-refractivity contribution in [3.05, 3.63) is 65.7 Å². The van der Waals surface area contributed by atoms with E-state index in [9.17, 15) is 19.5 Å². The fourth-order valence-electron chi connectivity index (χ4n) is 4.81. The SMILES string of the molecule is COC(=O)[C@]1(OC(=O)c2ccccc2O)[C@@H](OC(=O)c2ccccc2)C[C@H]2CC[C@@H]1N2C. The Hall–Kier alpha value is -3.39. The first-order valence-corrected chi connectivity index (χ1v) is 10.5. The van der Waals surface area contributed by atoms with Gasteiger partial charge in [0.25, 0.3) is 5.60 Å². The second-order valence-electron chi connectivity index (χ2n) is 8.10. The zero-order valence-electron chi connectivity index (χ0n) is 17.9. The summed E-state index contributed by atoms with van der Waals surface area (Å²) in [6, 6.07) is 13.8. The third kappa shape index (κ3) is 3.60. The highest BCUT2D eigenvalue weighted by atomic mass is 16.6. The maximum absolute atomic E-state index is 13.2. The molecule has 0 amide bonds. The molecule has 0 radical (unpaired) electrons. The van der Waals surface area contributed by atoms with Crippen molar-refractivity contribution in [1.29, 1.82) is 0 Å². The molecule has 4 rings (SSSR count). The Labute approximate surface area is 185 Å². The number of aromatic hydroxyl groups is 1. The number of hydrogen-bond donors (Lipinski definition) is 1. The first-order chi connectivity index (χ1) is 15.4. The summed E-state index contributed by atoms with van der Waals surface area (Å²) in [5.41, 5.74) is -1.64. The molecule has 0 spiro atoms. The van der Waals surface area contributed by atoms with Crippen molar-refractivity contribution >= 4 is 17.9 Å². The van der Waals surface area contributed by atoms with Crippen LogP contribution in [0.2, 0.25) is 0 Å². The van der Waals surface area contributed by atoms with E-state index in [2.05, 4.69) is 0 Å². The third-order valence-electron chi connectivity index (χ3n) is 6.45. The highest BCUT2D eigenvalue weighted by Crippen LogP contribution is 2.45. The Morgan fingerprint density at radius 3 is 2.38 bits per heavy atom. The molecule has 2 aromatic carbocycles. The normalized spacial score (nSPS) is 26.9. The summed E-state index contributed by atoms with van der Waals surface area (Å²) in [5.74, 6) is -2.59. The van der Waals surface area contributed by atoms with Crippen LogP contribution in [0.4, 0.5) is 0 Å². The van der Waals surface area contributed by atoms with Crippen LogP contribution in [0.1, 0.15) is 40.0 Å². The summed E-state index contributed by atoms with van der Waals surface area (Å²) >= 11 is 0. The van der Waals surface area contributed by atoms with Gasteiger partial charge in [-0.3, -0.25) is 4.90 Å². The zero-order chi connectivity index (χ0) is 22.9. The highest BCUT2D eigenvalue weighted by Gasteiger charge is 2.65. The molecule has 32 heavy (non-hydrogen) atoms. The first kappa shape index (κ1) is 21.8. The lowest BCUT2D eigenvalue weighted by Crippen LogP contribution is -2.69. The van der Waals surface area contributed by atoms with Gasteiger partial charge >= 0.3 is 17.9 Å². The largest absolute Gasteiger partial charge is 0.507 e. The van der Waals surface area contributed by atoms with Crippen molar-refractivity contribution in [2.75, 3.05) is 14.2 Å². The van der Waals surface area contributed by atoms with Gasteiger partial charge in [0, 0.05) is 12.5 Å². The van der Waals surface area contributed by atoms with Crippen LogP contribution in [0.15, 0.2) is 54.6 Å². The molecule has 168 valence electrons. The summed E-state index contributed by atoms with van der Waals surface area (Å²) < 4.78 is 16.7. The van der Waals surface area contributed by atoms with Gasteiger partial charge < -0.3 is 19.3 Å². The molecule has 4 atom stereocenters. The van der Waals surface area contributed by atoms with E-state index in [1.165, 1.54) is 19.2 Å². The van der Waals surface area contributed by atoms with E-state index < -0.39 is 35.7 Å². The molecule has 2 aromatic rings. The fraction of sp³-hybridized carbons (Fsp3) is 0.375. The van der Waals surface area contributed by atoms with Gasteiger partial charge in [-0.25, -0.2) is 14.4 Å². The molecular weight excluding hydrogens is 414 g/mol. The van der Waals surface area contributed by atoms with Crippen molar-refractivity contribution in [2.45, 2.75) is 43.1 Å². The maximum Gasteiger partial charge on any atom is 0.356 e. The Morgan fingerprint density at radius 2 is 1.69 bits per heavy atom. The number of phenolic OH excluding ortho intramolecular Hbond substituents is 1. The van der Waals surface area contributed by atoms with Gasteiger partial charge in [0.1, 0.15) is 11.3 Å². The van der Waals surface area contributed by atoms with Crippen molar-refractivity contribution in [3.63, 3.8) is 0 Å². The Morgan fingerprint density at radius 1 is 1.00 bits per heavy atom. The van der Waals surface area contributed by atoms with Crippen LogP contribution in [0.5, 0.6) is 5.75 Å². The number of fused-ring (bicyclic) bond motifs is 2. The van der Waals surface area contributed by atoms with Crippen molar-refractivity contribution in [2.24, 2.45) is 0 Å². The summed E-state index contributed by atoms with van der Waals surface area (Å²) in [5, 5.41) is 10.1. The summed E-state index contributed by atoms with van der Waals surface area (Å²) in [6.07, 6.45) is 0.567. The molecule has 2 aliphatic rings. The second-order valence-corrected chi connectivity index (χ2v) is 8.10. The number of likely N-dealkylation sites (N-methyl/N-ethyl adjacent to an activating group) is 1. The Bertz CT molecular complexity index is 1020. The lowest BCUT2D eigenvalue weighted by atomic mass is 9.82. The lowest BCUT2D eigenvalue weighted by Gasteiger charge is -2.48. The van der Waals surface area contributed by atoms with Crippen LogP contribution in [-0.2, 0) is 19.0 Å². The third-order valence-corrected chi connectivity index (χ3v) is 6.45. The van der Waals surface area contributed by atoms with E-state index in [-0.39, 0.29) is 17.4 Å². The smallest absolute Gasteiger partial charge is 0.356 e. The van der Waals surface area contributed by atoms with Crippen LogP contribution in [-0.4, -0.2) is 65.9 Å². The molecule has 2 heterocycles. The number of ether oxygens (including phenoxy) is 3. The van der Waals surface area contributed by atoms with Crippen molar-refractivity contribution in [1.82, 2.24) is 4.90 Å². The summed E-state index contributed by atoms with van der Waals surface area (Å²) in [4.78, 5) is 41.2. The molecule has 8 heteroatoms. The minimum Gasteiger partial charge on any atom is -0.507 e. The molecule has 0 unspecified atom stereocenters. The number of hydrogen-bond acceptors (Lipinski definition) is 8.